The quantitative estimate of drug-likeness (QED) is 0.649. The van der Waals surface area contributed by atoms with E-state index >= 15 is 0 Å². The lowest BCUT2D eigenvalue weighted by Crippen LogP contribution is -2.18. The Morgan fingerprint density at radius 1 is 1.40 bits per heavy atom. The molecule has 0 amide bonds. The molecule has 0 aliphatic carbocycles. The number of anilines is 1. The van der Waals surface area contributed by atoms with Crippen LogP contribution in [0, 0.1) is 0 Å². The molecular weight excluding hydrogens is 252 g/mol. The summed E-state index contributed by atoms with van der Waals surface area (Å²) in [4.78, 5) is 11.9. The number of nitrogens with one attached hydrogen (secondary N) is 1. The lowest BCUT2D eigenvalue weighted by molar-refractivity contribution is 0.167. The van der Waals surface area contributed by atoms with Crippen molar-refractivity contribution in [2.45, 2.75) is 6.92 Å². The second-order valence-electron chi connectivity index (χ2n) is 4.91. The molecule has 0 radical (unpaired) electrons. The first kappa shape index (κ1) is 14.3. The predicted molar refractivity (Wildman–Crippen MR) is 83.3 cm³/mol. The second kappa shape index (κ2) is 6.39. The Balaban J connectivity index is 2.12. The topological polar surface area (TPSA) is 43.3 Å². The van der Waals surface area contributed by atoms with Gasteiger partial charge in [0, 0.05) is 30.7 Å². The minimum atomic E-state index is -0.0194. The van der Waals surface area contributed by atoms with Gasteiger partial charge in [-0.1, -0.05) is 30.4 Å². The van der Waals surface area contributed by atoms with Crippen LogP contribution in [0.5, 0.6) is 0 Å². The number of aromatic nitrogens is 1. The number of para-hydroxylation sites is 1. The van der Waals surface area contributed by atoms with Gasteiger partial charge in [-0.3, -0.25) is 4.79 Å². The van der Waals surface area contributed by atoms with Crippen LogP contribution in [0.3, 0.4) is 0 Å². The SMILES string of the molecule is C=C(C)COCCNc1cc(=O)n(C)c2ccccc12. The van der Waals surface area contributed by atoms with Crippen molar-refractivity contribution in [1.82, 2.24) is 4.57 Å². The highest BCUT2D eigenvalue weighted by Gasteiger charge is 2.05. The van der Waals surface area contributed by atoms with Gasteiger partial charge >= 0.3 is 0 Å². The maximum Gasteiger partial charge on any atom is 0.252 e. The largest absolute Gasteiger partial charge is 0.382 e. The van der Waals surface area contributed by atoms with Crippen LogP contribution in [-0.2, 0) is 11.8 Å². The van der Waals surface area contributed by atoms with Gasteiger partial charge in [0.15, 0.2) is 0 Å². The molecule has 0 bridgehead atoms. The fourth-order valence-corrected chi connectivity index (χ4v) is 2.06. The molecule has 0 aliphatic rings. The van der Waals surface area contributed by atoms with E-state index < -0.39 is 0 Å². The van der Waals surface area contributed by atoms with Gasteiger partial charge in [0.05, 0.1) is 18.7 Å². The molecular formula is C16H20N2O2. The van der Waals surface area contributed by atoms with E-state index in [1.54, 1.807) is 17.7 Å². The average molecular weight is 272 g/mol. The summed E-state index contributed by atoms with van der Waals surface area (Å²) in [5.74, 6) is 0. The highest BCUT2D eigenvalue weighted by Crippen LogP contribution is 2.20. The molecule has 1 N–H and O–H groups in total. The van der Waals surface area contributed by atoms with E-state index in [0.29, 0.717) is 19.8 Å². The van der Waals surface area contributed by atoms with Gasteiger partial charge in [-0.25, -0.2) is 0 Å². The van der Waals surface area contributed by atoms with Crippen molar-refractivity contribution in [2.75, 3.05) is 25.1 Å². The molecule has 4 heteroatoms. The predicted octanol–water partition coefficient (Wildman–Crippen LogP) is 2.54. The second-order valence-corrected chi connectivity index (χ2v) is 4.91. The molecule has 20 heavy (non-hydrogen) atoms. The summed E-state index contributed by atoms with van der Waals surface area (Å²) in [6, 6.07) is 9.48. The number of hydrogen-bond donors (Lipinski definition) is 1. The van der Waals surface area contributed by atoms with E-state index in [0.717, 1.165) is 22.2 Å². The van der Waals surface area contributed by atoms with Crippen molar-refractivity contribution < 1.29 is 4.74 Å². The zero-order valence-corrected chi connectivity index (χ0v) is 12.0. The number of nitrogens with zero attached hydrogens (tertiary/aromatic N) is 1. The molecule has 4 nitrogen and oxygen atoms in total. The van der Waals surface area contributed by atoms with Gasteiger partial charge in [0.2, 0.25) is 0 Å². The molecule has 1 heterocycles. The Hall–Kier alpha value is -2.07. The minimum Gasteiger partial charge on any atom is -0.382 e. The maximum absolute atomic E-state index is 11.9. The molecule has 1 aromatic heterocycles. The van der Waals surface area contributed by atoms with Gasteiger partial charge in [-0.15, -0.1) is 0 Å². The summed E-state index contributed by atoms with van der Waals surface area (Å²) in [5.41, 5.74) is 2.76. The van der Waals surface area contributed by atoms with Crippen molar-refractivity contribution >= 4 is 16.6 Å². The highest BCUT2D eigenvalue weighted by molar-refractivity contribution is 5.91. The Bertz CT molecular complexity index is 674. The summed E-state index contributed by atoms with van der Waals surface area (Å²) >= 11 is 0. The van der Waals surface area contributed by atoms with E-state index in [9.17, 15) is 4.79 Å². The molecule has 2 aromatic rings. The normalized spacial score (nSPS) is 10.7. The highest BCUT2D eigenvalue weighted by atomic mass is 16.5. The minimum absolute atomic E-state index is 0.0194. The number of hydrogen-bond acceptors (Lipinski definition) is 3. The Kier molecular flexibility index (Phi) is 4.58. The fourth-order valence-electron chi connectivity index (χ4n) is 2.06. The van der Waals surface area contributed by atoms with E-state index in [2.05, 4.69) is 11.9 Å². The first-order valence-corrected chi connectivity index (χ1v) is 6.64. The smallest absolute Gasteiger partial charge is 0.252 e. The number of ether oxygens (including phenoxy) is 1. The first-order valence-electron chi connectivity index (χ1n) is 6.64. The van der Waals surface area contributed by atoms with Crippen molar-refractivity contribution in [2.24, 2.45) is 7.05 Å². The van der Waals surface area contributed by atoms with Crippen molar-refractivity contribution in [3.05, 3.63) is 52.8 Å². The molecule has 0 saturated heterocycles. The van der Waals surface area contributed by atoms with Gasteiger partial charge in [0.25, 0.3) is 5.56 Å². The summed E-state index contributed by atoms with van der Waals surface area (Å²) in [5, 5.41) is 4.30. The molecule has 1 aromatic carbocycles. The van der Waals surface area contributed by atoms with Crippen LogP contribution in [0.25, 0.3) is 10.9 Å². The number of aryl methyl sites for hydroxylation is 1. The fraction of sp³-hybridized carbons (Fsp3) is 0.312. The van der Waals surface area contributed by atoms with Crippen molar-refractivity contribution in [3.63, 3.8) is 0 Å². The monoisotopic (exact) mass is 272 g/mol. The molecule has 2 rings (SSSR count). The standard InChI is InChI=1S/C16H20N2O2/c1-12(2)11-20-9-8-17-14-10-16(19)18(3)15-7-5-4-6-13(14)15/h4-7,10,17H,1,8-9,11H2,2-3H3. The van der Waals surface area contributed by atoms with Gasteiger partial charge in [0.1, 0.15) is 0 Å². The Morgan fingerprint density at radius 3 is 2.90 bits per heavy atom. The Labute approximate surface area is 118 Å². The Morgan fingerprint density at radius 2 is 2.15 bits per heavy atom. The first-order chi connectivity index (χ1) is 9.59. The molecule has 106 valence electrons. The van der Waals surface area contributed by atoms with Crippen LogP contribution in [0.4, 0.5) is 5.69 Å². The zero-order chi connectivity index (χ0) is 14.5. The van der Waals surface area contributed by atoms with Crippen molar-refractivity contribution in [3.8, 4) is 0 Å². The average Bonchev–Trinajstić information content (AvgIpc) is 2.43. The van der Waals surface area contributed by atoms with Crippen LogP contribution >= 0.6 is 0 Å². The molecule has 0 saturated carbocycles. The molecule has 0 aliphatic heterocycles. The third kappa shape index (κ3) is 3.27. The molecule has 0 atom stereocenters. The number of rotatable bonds is 6. The molecule has 0 fully saturated rings. The zero-order valence-electron chi connectivity index (χ0n) is 12.0. The number of fused-ring (bicyclic) bond motifs is 1. The lowest BCUT2D eigenvalue weighted by Gasteiger charge is -2.12. The van der Waals surface area contributed by atoms with Gasteiger partial charge < -0.3 is 14.6 Å². The van der Waals surface area contributed by atoms with E-state index in [1.807, 2.05) is 31.2 Å². The third-order valence-electron chi connectivity index (χ3n) is 3.06. The van der Waals surface area contributed by atoms with Crippen LogP contribution in [0.15, 0.2) is 47.3 Å². The van der Waals surface area contributed by atoms with Crippen LogP contribution in [-0.4, -0.2) is 24.3 Å². The lowest BCUT2D eigenvalue weighted by atomic mass is 10.2. The summed E-state index contributed by atoms with van der Waals surface area (Å²) in [6.45, 7) is 7.52. The number of benzene rings is 1. The van der Waals surface area contributed by atoms with E-state index in [4.69, 9.17) is 4.74 Å². The summed E-state index contributed by atoms with van der Waals surface area (Å²) in [7, 11) is 1.78. The van der Waals surface area contributed by atoms with Crippen LogP contribution in [0.2, 0.25) is 0 Å². The summed E-state index contributed by atoms with van der Waals surface area (Å²) < 4.78 is 7.09. The van der Waals surface area contributed by atoms with Gasteiger partial charge in [-0.05, 0) is 13.0 Å². The van der Waals surface area contributed by atoms with Crippen LogP contribution < -0.4 is 10.9 Å². The van der Waals surface area contributed by atoms with E-state index in [-0.39, 0.29) is 5.56 Å². The van der Waals surface area contributed by atoms with Crippen molar-refractivity contribution in [1.29, 1.82) is 0 Å². The molecule has 0 unspecified atom stereocenters. The van der Waals surface area contributed by atoms with Gasteiger partial charge in [-0.2, -0.15) is 0 Å². The number of pyridine rings is 1. The summed E-state index contributed by atoms with van der Waals surface area (Å²) in [6.07, 6.45) is 0. The van der Waals surface area contributed by atoms with E-state index in [1.165, 1.54) is 0 Å². The maximum atomic E-state index is 11.9. The van der Waals surface area contributed by atoms with Crippen LogP contribution in [0.1, 0.15) is 6.92 Å². The third-order valence-corrected chi connectivity index (χ3v) is 3.06. The molecule has 0 spiro atoms.